The Morgan fingerprint density at radius 2 is 1.95 bits per heavy atom. The highest BCUT2D eigenvalue weighted by Crippen LogP contribution is 2.15. The van der Waals surface area contributed by atoms with Gasteiger partial charge >= 0.3 is 0 Å². The van der Waals surface area contributed by atoms with Crippen LogP contribution in [0, 0.1) is 12.7 Å². The topological polar surface area (TPSA) is 67.8 Å². The van der Waals surface area contributed by atoms with Crippen molar-refractivity contribution in [2.75, 3.05) is 0 Å². The Labute approximate surface area is 116 Å². The van der Waals surface area contributed by atoms with E-state index in [1.54, 1.807) is 6.07 Å². The van der Waals surface area contributed by atoms with Crippen LogP contribution in [0.3, 0.4) is 0 Å². The summed E-state index contributed by atoms with van der Waals surface area (Å²) in [5.74, 6) is 0.0999. The summed E-state index contributed by atoms with van der Waals surface area (Å²) in [4.78, 5) is 0. The molecule has 0 spiro atoms. The Hall–Kier alpha value is -2.56. The number of hydrogen-bond donors (Lipinski definition) is 2. The molecule has 0 saturated heterocycles. The van der Waals surface area contributed by atoms with Gasteiger partial charge < -0.3 is 15.7 Å². The predicted octanol–water partition coefficient (Wildman–Crippen LogP) is 2.81. The Morgan fingerprint density at radius 1 is 1.25 bits per heavy atom. The van der Waals surface area contributed by atoms with Crippen molar-refractivity contribution in [1.82, 2.24) is 0 Å². The second-order valence-corrected chi connectivity index (χ2v) is 4.44. The molecule has 4 nitrogen and oxygen atoms in total. The molecular formula is C15H15FN2O2. The highest BCUT2D eigenvalue weighted by molar-refractivity contribution is 5.97. The van der Waals surface area contributed by atoms with Crippen molar-refractivity contribution in [3.63, 3.8) is 0 Å². The van der Waals surface area contributed by atoms with Crippen molar-refractivity contribution in [3.8, 4) is 5.75 Å². The van der Waals surface area contributed by atoms with Crippen molar-refractivity contribution < 1.29 is 14.3 Å². The van der Waals surface area contributed by atoms with Crippen molar-refractivity contribution in [3.05, 3.63) is 65.0 Å². The number of hydrogen-bond acceptors (Lipinski definition) is 3. The van der Waals surface area contributed by atoms with Crippen LogP contribution in [0.5, 0.6) is 5.75 Å². The molecule has 5 heteroatoms. The third-order valence-corrected chi connectivity index (χ3v) is 2.79. The average Bonchev–Trinajstić information content (AvgIpc) is 2.45. The van der Waals surface area contributed by atoms with Crippen LogP contribution >= 0.6 is 0 Å². The highest BCUT2D eigenvalue weighted by atomic mass is 19.1. The van der Waals surface area contributed by atoms with Crippen LogP contribution in [0.4, 0.5) is 4.39 Å². The van der Waals surface area contributed by atoms with Crippen LogP contribution in [0.2, 0.25) is 0 Å². The predicted molar refractivity (Wildman–Crippen MR) is 74.4 cm³/mol. The normalized spacial score (nSPS) is 11.4. The van der Waals surface area contributed by atoms with Gasteiger partial charge in [0.05, 0.1) is 0 Å². The number of amidine groups is 1. The zero-order valence-electron chi connectivity index (χ0n) is 11.0. The Morgan fingerprint density at radius 3 is 2.60 bits per heavy atom. The van der Waals surface area contributed by atoms with E-state index >= 15 is 0 Å². The van der Waals surface area contributed by atoms with Crippen LogP contribution in [0.1, 0.15) is 16.7 Å². The van der Waals surface area contributed by atoms with Gasteiger partial charge in [0.1, 0.15) is 18.2 Å². The monoisotopic (exact) mass is 274 g/mol. The molecule has 0 aromatic heterocycles. The SMILES string of the molecule is Cc1ccc(OCc2cc(F)cc(/C(N)=N/O)c2)cc1. The third-order valence-electron chi connectivity index (χ3n) is 2.79. The summed E-state index contributed by atoms with van der Waals surface area (Å²) in [6, 6.07) is 11.7. The molecule has 0 fully saturated rings. The zero-order valence-corrected chi connectivity index (χ0v) is 11.0. The van der Waals surface area contributed by atoms with Gasteiger partial charge in [-0.15, -0.1) is 0 Å². The third kappa shape index (κ3) is 3.47. The van der Waals surface area contributed by atoms with E-state index in [0.717, 1.165) is 5.56 Å². The molecule has 0 aliphatic carbocycles. The van der Waals surface area contributed by atoms with E-state index in [1.165, 1.54) is 12.1 Å². The van der Waals surface area contributed by atoms with Crippen LogP contribution < -0.4 is 10.5 Å². The van der Waals surface area contributed by atoms with Gasteiger partial charge in [-0.1, -0.05) is 22.9 Å². The van der Waals surface area contributed by atoms with Crippen molar-refractivity contribution in [1.29, 1.82) is 0 Å². The number of halogens is 1. The standard InChI is InChI=1S/C15H15FN2O2/c1-10-2-4-14(5-3-10)20-9-11-6-12(15(17)18-19)8-13(16)7-11/h2-8,19H,9H2,1H3,(H2,17,18). The van der Waals surface area contributed by atoms with Crippen LogP contribution in [0.25, 0.3) is 0 Å². The van der Waals surface area contributed by atoms with Gasteiger partial charge in [-0.05, 0) is 42.8 Å². The van der Waals surface area contributed by atoms with Gasteiger partial charge in [0.2, 0.25) is 0 Å². The molecule has 0 unspecified atom stereocenters. The van der Waals surface area contributed by atoms with Gasteiger partial charge in [-0.3, -0.25) is 0 Å². The van der Waals surface area contributed by atoms with Crippen molar-refractivity contribution in [2.24, 2.45) is 10.9 Å². The van der Waals surface area contributed by atoms with E-state index in [9.17, 15) is 4.39 Å². The van der Waals surface area contributed by atoms with Crippen LogP contribution in [0.15, 0.2) is 47.6 Å². The quantitative estimate of drug-likeness (QED) is 0.390. The number of nitrogens with zero attached hydrogens (tertiary/aromatic N) is 1. The van der Waals surface area contributed by atoms with Crippen molar-refractivity contribution >= 4 is 5.84 Å². The smallest absolute Gasteiger partial charge is 0.170 e. The molecule has 0 saturated carbocycles. The largest absolute Gasteiger partial charge is 0.489 e. The maximum absolute atomic E-state index is 13.5. The number of ether oxygens (including phenoxy) is 1. The molecule has 2 rings (SSSR count). The fourth-order valence-electron chi connectivity index (χ4n) is 1.74. The molecule has 2 aromatic rings. The number of benzene rings is 2. The Bertz CT molecular complexity index is 624. The van der Waals surface area contributed by atoms with E-state index in [2.05, 4.69) is 5.16 Å². The molecule has 0 bridgehead atoms. The van der Waals surface area contributed by atoms with Gasteiger partial charge in [0, 0.05) is 5.56 Å². The minimum absolute atomic E-state index is 0.138. The maximum atomic E-state index is 13.5. The summed E-state index contributed by atoms with van der Waals surface area (Å²) in [6.07, 6.45) is 0. The first-order valence-corrected chi connectivity index (χ1v) is 6.05. The number of aryl methyl sites for hydroxylation is 1. The average molecular weight is 274 g/mol. The Kier molecular flexibility index (Phi) is 4.20. The minimum Gasteiger partial charge on any atom is -0.489 e. The fourth-order valence-corrected chi connectivity index (χ4v) is 1.74. The maximum Gasteiger partial charge on any atom is 0.170 e. The zero-order chi connectivity index (χ0) is 14.5. The molecule has 0 heterocycles. The molecule has 104 valence electrons. The lowest BCUT2D eigenvalue weighted by atomic mass is 10.1. The minimum atomic E-state index is -0.461. The fraction of sp³-hybridized carbons (Fsp3) is 0.133. The lowest BCUT2D eigenvalue weighted by molar-refractivity contribution is 0.305. The van der Waals surface area contributed by atoms with Gasteiger partial charge in [0.15, 0.2) is 5.84 Å². The lowest BCUT2D eigenvalue weighted by Crippen LogP contribution is -2.14. The molecule has 2 aromatic carbocycles. The summed E-state index contributed by atoms with van der Waals surface area (Å²) in [7, 11) is 0. The van der Waals surface area contributed by atoms with E-state index < -0.39 is 5.82 Å². The van der Waals surface area contributed by atoms with E-state index in [4.69, 9.17) is 15.7 Å². The molecule has 0 aliphatic heterocycles. The van der Waals surface area contributed by atoms with E-state index in [1.807, 2.05) is 31.2 Å². The molecule has 3 N–H and O–H groups in total. The lowest BCUT2D eigenvalue weighted by Gasteiger charge is -2.08. The Balaban J connectivity index is 2.13. The van der Waals surface area contributed by atoms with Gasteiger partial charge in [-0.25, -0.2) is 4.39 Å². The van der Waals surface area contributed by atoms with Crippen molar-refractivity contribution in [2.45, 2.75) is 13.5 Å². The molecule has 20 heavy (non-hydrogen) atoms. The first-order chi connectivity index (χ1) is 9.58. The van der Waals surface area contributed by atoms with Crippen LogP contribution in [-0.2, 0) is 6.61 Å². The molecule has 0 radical (unpaired) electrons. The van der Waals surface area contributed by atoms with Gasteiger partial charge in [-0.2, -0.15) is 0 Å². The first kappa shape index (κ1) is 13.9. The molecular weight excluding hydrogens is 259 g/mol. The molecule has 0 aliphatic rings. The van der Waals surface area contributed by atoms with Crippen LogP contribution in [-0.4, -0.2) is 11.0 Å². The molecule has 0 amide bonds. The number of rotatable bonds is 4. The molecule has 0 atom stereocenters. The first-order valence-electron chi connectivity index (χ1n) is 6.05. The number of oxime groups is 1. The summed E-state index contributed by atoms with van der Waals surface area (Å²) in [5.41, 5.74) is 7.50. The summed E-state index contributed by atoms with van der Waals surface area (Å²) < 4.78 is 19.0. The second kappa shape index (κ2) is 6.06. The number of nitrogens with two attached hydrogens (primary N) is 1. The summed E-state index contributed by atoms with van der Waals surface area (Å²) in [6.45, 7) is 2.19. The summed E-state index contributed by atoms with van der Waals surface area (Å²) >= 11 is 0. The van der Waals surface area contributed by atoms with E-state index in [-0.39, 0.29) is 12.4 Å². The second-order valence-electron chi connectivity index (χ2n) is 4.44. The van der Waals surface area contributed by atoms with Gasteiger partial charge in [0.25, 0.3) is 0 Å². The summed E-state index contributed by atoms with van der Waals surface area (Å²) in [5, 5.41) is 11.5. The highest BCUT2D eigenvalue weighted by Gasteiger charge is 2.05. The van der Waals surface area contributed by atoms with E-state index in [0.29, 0.717) is 16.9 Å².